The van der Waals surface area contributed by atoms with Crippen molar-refractivity contribution in [2.75, 3.05) is 58.7 Å². The molecule has 6 heteroatoms. The number of carbonyl (C=O) groups excluding carboxylic acids is 1. The Kier molecular flexibility index (Phi) is 7.83. The van der Waals surface area contributed by atoms with Crippen molar-refractivity contribution in [3.05, 3.63) is 0 Å². The van der Waals surface area contributed by atoms with Crippen LogP contribution in [0.5, 0.6) is 0 Å². The summed E-state index contributed by atoms with van der Waals surface area (Å²) in [4.78, 5) is 16.8. The Labute approximate surface area is 139 Å². The Balaban J connectivity index is 1.69. The number of carbonyl (C=O) groups is 1. The second kappa shape index (κ2) is 9.63. The predicted octanol–water partition coefficient (Wildman–Crippen LogP) is 1.88. The number of nitrogens with one attached hydrogen (secondary N) is 1. The Hall–Kier alpha value is -0.460. The lowest BCUT2D eigenvalue weighted by molar-refractivity contribution is 0.0319. The first kappa shape index (κ1) is 17.9. The zero-order valence-corrected chi connectivity index (χ0v) is 14.9. The first-order valence-electron chi connectivity index (χ1n) is 8.54. The first-order chi connectivity index (χ1) is 10.7. The van der Waals surface area contributed by atoms with Crippen molar-refractivity contribution in [3.8, 4) is 0 Å². The van der Waals surface area contributed by atoms with Crippen molar-refractivity contribution in [1.82, 2.24) is 15.1 Å². The molecule has 2 rings (SSSR count). The summed E-state index contributed by atoms with van der Waals surface area (Å²) in [6, 6.07) is 0.120. The van der Waals surface area contributed by atoms with Gasteiger partial charge in [-0.1, -0.05) is 13.3 Å². The number of amides is 2. The Morgan fingerprint density at radius 1 is 1.32 bits per heavy atom. The van der Waals surface area contributed by atoms with Gasteiger partial charge in [-0.15, -0.1) is 0 Å². The summed E-state index contributed by atoms with van der Waals surface area (Å²) in [5.41, 5.74) is 0. The zero-order valence-electron chi connectivity index (χ0n) is 14.1. The molecule has 2 aliphatic rings. The Morgan fingerprint density at radius 2 is 2.09 bits per heavy atom. The molecule has 0 radical (unpaired) electrons. The summed E-state index contributed by atoms with van der Waals surface area (Å²) < 4.78 is 5.37. The molecule has 2 unspecified atom stereocenters. The molecule has 0 saturated carbocycles. The van der Waals surface area contributed by atoms with Crippen LogP contribution in [0.2, 0.25) is 0 Å². The molecule has 0 aliphatic carbocycles. The van der Waals surface area contributed by atoms with Crippen molar-refractivity contribution in [2.45, 2.75) is 31.4 Å². The molecule has 2 fully saturated rings. The molecule has 2 atom stereocenters. The lowest BCUT2D eigenvalue weighted by Gasteiger charge is -2.30. The molecular weight excluding hydrogens is 298 g/mol. The molecule has 0 aromatic heterocycles. The van der Waals surface area contributed by atoms with Gasteiger partial charge in [0.2, 0.25) is 0 Å². The topological polar surface area (TPSA) is 44.8 Å². The molecule has 22 heavy (non-hydrogen) atoms. The Morgan fingerprint density at radius 3 is 2.82 bits per heavy atom. The van der Waals surface area contributed by atoms with E-state index in [1.165, 1.54) is 12.8 Å². The van der Waals surface area contributed by atoms with Crippen molar-refractivity contribution in [3.63, 3.8) is 0 Å². The fraction of sp³-hybridized carbons (Fsp3) is 0.938. The van der Waals surface area contributed by atoms with Gasteiger partial charge in [0.25, 0.3) is 0 Å². The normalized spacial score (nSPS) is 25.5. The third-order valence-electron chi connectivity index (χ3n) is 4.52. The lowest BCUT2D eigenvalue weighted by atomic mass is 10.1. The Bertz CT molecular complexity index is 337. The molecule has 2 saturated heterocycles. The quantitative estimate of drug-likeness (QED) is 0.836. The maximum absolute atomic E-state index is 12.4. The molecule has 0 aromatic carbocycles. The SMILES string of the molecule is CSC1CCCCN(C(=O)NCC(C)CN2CCOCC2)C1. The summed E-state index contributed by atoms with van der Waals surface area (Å²) in [5.74, 6) is 0.477. The van der Waals surface area contributed by atoms with Crippen LogP contribution in [0.3, 0.4) is 0 Å². The van der Waals surface area contributed by atoms with Crippen molar-refractivity contribution >= 4 is 17.8 Å². The van der Waals surface area contributed by atoms with Crippen LogP contribution in [-0.2, 0) is 4.74 Å². The molecule has 2 amide bonds. The minimum atomic E-state index is 0.120. The monoisotopic (exact) mass is 329 g/mol. The predicted molar refractivity (Wildman–Crippen MR) is 92.5 cm³/mol. The van der Waals surface area contributed by atoms with Crippen LogP contribution in [0.4, 0.5) is 4.79 Å². The molecule has 2 heterocycles. The van der Waals surface area contributed by atoms with Crippen LogP contribution >= 0.6 is 11.8 Å². The number of ether oxygens (including phenoxy) is 1. The van der Waals surface area contributed by atoms with Crippen molar-refractivity contribution < 1.29 is 9.53 Å². The van der Waals surface area contributed by atoms with Gasteiger partial charge in [0.05, 0.1) is 13.2 Å². The molecular formula is C16H31N3O2S. The second-order valence-electron chi connectivity index (χ2n) is 6.50. The third-order valence-corrected chi connectivity index (χ3v) is 5.58. The summed E-state index contributed by atoms with van der Waals surface area (Å²) in [6.45, 7) is 9.51. The summed E-state index contributed by atoms with van der Waals surface area (Å²) in [7, 11) is 0. The number of morpholine rings is 1. The molecule has 128 valence electrons. The maximum atomic E-state index is 12.4. The standard InChI is InChI=1S/C16H31N3O2S/c1-14(12-18-7-9-21-10-8-18)11-17-16(20)19-6-4-3-5-15(13-19)22-2/h14-15H,3-13H2,1-2H3,(H,17,20). The number of thioether (sulfide) groups is 1. The van der Waals surface area contributed by atoms with E-state index in [-0.39, 0.29) is 6.03 Å². The molecule has 2 aliphatic heterocycles. The molecule has 5 nitrogen and oxygen atoms in total. The highest BCUT2D eigenvalue weighted by molar-refractivity contribution is 7.99. The van der Waals surface area contributed by atoms with Gasteiger partial charge in [0.15, 0.2) is 0 Å². The average Bonchev–Trinajstić information content (AvgIpc) is 2.79. The molecule has 0 bridgehead atoms. The van der Waals surface area contributed by atoms with Gasteiger partial charge in [0, 0.05) is 44.5 Å². The number of rotatable bonds is 5. The van der Waals surface area contributed by atoms with Gasteiger partial charge >= 0.3 is 6.03 Å². The van der Waals surface area contributed by atoms with Crippen molar-refractivity contribution in [2.24, 2.45) is 5.92 Å². The van der Waals surface area contributed by atoms with E-state index in [2.05, 4.69) is 23.4 Å². The molecule has 0 aromatic rings. The van der Waals surface area contributed by atoms with Gasteiger partial charge in [-0.25, -0.2) is 4.79 Å². The fourth-order valence-electron chi connectivity index (χ4n) is 3.14. The van der Waals surface area contributed by atoms with Gasteiger partial charge in [-0.3, -0.25) is 4.90 Å². The minimum Gasteiger partial charge on any atom is -0.379 e. The number of likely N-dealkylation sites (tertiary alicyclic amines) is 1. The summed E-state index contributed by atoms with van der Waals surface area (Å²) >= 11 is 1.89. The van der Waals surface area contributed by atoms with Gasteiger partial charge in [-0.05, 0) is 25.0 Å². The average molecular weight is 330 g/mol. The molecule has 1 N–H and O–H groups in total. The lowest BCUT2D eigenvalue weighted by Crippen LogP contribution is -2.46. The minimum absolute atomic E-state index is 0.120. The van der Waals surface area contributed by atoms with E-state index in [1.807, 2.05) is 16.7 Å². The van der Waals surface area contributed by atoms with E-state index in [0.717, 1.165) is 58.9 Å². The number of nitrogens with zero attached hydrogens (tertiary/aromatic N) is 2. The van der Waals surface area contributed by atoms with Gasteiger partial charge in [0.1, 0.15) is 0 Å². The largest absolute Gasteiger partial charge is 0.379 e. The zero-order chi connectivity index (χ0) is 15.8. The van der Waals surface area contributed by atoms with Crippen LogP contribution < -0.4 is 5.32 Å². The van der Waals surface area contributed by atoms with E-state index in [9.17, 15) is 4.79 Å². The third kappa shape index (κ3) is 5.97. The number of urea groups is 1. The van der Waals surface area contributed by atoms with Gasteiger partial charge in [-0.2, -0.15) is 11.8 Å². The highest BCUT2D eigenvalue weighted by Crippen LogP contribution is 2.20. The molecule has 0 spiro atoms. The second-order valence-corrected chi connectivity index (χ2v) is 7.64. The first-order valence-corrected chi connectivity index (χ1v) is 9.83. The maximum Gasteiger partial charge on any atom is 0.317 e. The van der Waals surface area contributed by atoms with Crippen molar-refractivity contribution in [1.29, 1.82) is 0 Å². The summed E-state index contributed by atoms with van der Waals surface area (Å²) in [5, 5.41) is 3.73. The number of hydrogen-bond acceptors (Lipinski definition) is 4. The number of hydrogen-bond donors (Lipinski definition) is 1. The van der Waals surface area contributed by atoms with Crippen LogP contribution in [0.25, 0.3) is 0 Å². The summed E-state index contributed by atoms with van der Waals surface area (Å²) in [6.07, 6.45) is 5.76. The van der Waals surface area contributed by atoms with E-state index in [4.69, 9.17) is 4.74 Å². The van der Waals surface area contributed by atoms with Crippen LogP contribution in [0.15, 0.2) is 0 Å². The van der Waals surface area contributed by atoms with Crippen LogP contribution in [-0.4, -0.2) is 79.8 Å². The highest BCUT2D eigenvalue weighted by Gasteiger charge is 2.22. The van der Waals surface area contributed by atoms with E-state index in [1.54, 1.807) is 0 Å². The van der Waals surface area contributed by atoms with E-state index >= 15 is 0 Å². The van der Waals surface area contributed by atoms with Crippen LogP contribution in [0.1, 0.15) is 26.2 Å². The smallest absolute Gasteiger partial charge is 0.317 e. The fourth-order valence-corrected chi connectivity index (χ4v) is 3.87. The van der Waals surface area contributed by atoms with E-state index in [0.29, 0.717) is 11.2 Å². The van der Waals surface area contributed by atoms with E-state index < -0.39 is 0 Å². The van der Waals surface area contributed by atoms with Crippen LogP contribution in [0, 0.1) is 5.92 Å². The van der Waals surface area contributed by atoms with Gasteiger partial charge < -0.3 is 15.0 Å². The highest BCUT2D eigenvalue weighted by atomic mass is 32.2.